The van der Waals surface area contributed by atoms with E-state index in [1.165, 1.54) is 19.3 Å². The van der Waals surface area contributed by atoms with Crippen molar-refractivity contribution in [3.63, 3.8) is 0 Å². The Bertz CT molecular complexity index is 370. The molecule has 1 aliphatic rings. The molecule has 0 N–H and O–H groups in total. The highest BCUT2D eigenvalue weighted by atomic mass is 79.9. The zero-order valence-electron chi connectivity index (χ0n) is 9.54. The van der Waals surface area contributed by atoms with Crippen molar-refractivity contribution in [1.29, 1.82) is 0 Å². The summed E-state index contributed by atoms with van der Waals surface area (Å²) in [5.74, 6) is 1.56. The van der Waals surface area contributed by atoms with Crippen LogP contribution in [0.4, 0.5) is 0 Å². The quantitative estimate of drug-likeness (QED) is 0.768. The van der Waals surface area contributed by atoms with Crippen molar-refractivity contribution in [2.45, 2.75) is 39.0 Å². The molecule has 1 heterocycles. The van der Waals surface area contributed by atoms with Crippen LogP contribution in [0.15, 0.2) is 21.2 Å². The minimum absolute atomic E-state index is 0.168. The third kappa shape index (κ3) is 2.40. The van der Waals surface area contributed by atoms with Gasteiger partial charge in [0.05, 0.1) is 10.7 Å². The highest BCUT2D eigenvalue weighted by molar-refractivity contribution is 9.10. The first kappa shape index (κ1) is 11.9. The van der Waals surface area contributed by atoms with E-state index < -0.39 is 0 Å². The summed E-state index contributed by atoms with van der Waals surface area (Å²) < 4.78 is 6.04. The maximum atomic E-state index is 12.2. The van der Waals surface area contributed by atoms with Gasteiger partial charge in [0.1, 0.15) is 0 Å². The molecular formula is C13H17BrO2. The predicted molar refractivity (Wildman–Crippen MR) is 66.5 cm³/mol. The molecule has 1 aromatic heterocycles. The normalized spacial score (nSPS) is 25.6. The van der Waals surface area contributed by atoms with Crippen LogP contribution in [0.5, 0.6) is 0 Å². The molecule has 0 saturated heterocycles. The molecule has 1 aliphatic carbocycles. The van der Waals surface area contributed by atoms with Gasteiger partial charge in [-0.15, -0.1) is 0 Å². The molecule has 1 saturated carbocycles. The molecule has 16 heavy (non-hydrogen) atoms. The largest absolute Gasteiger partial charge is 0.460 e. The van der Waals surface area contributed by atoms with Gasteiger partial charge < -0.3 is 4.42 Å². The van der Waals surface area contributed by atoms with Crippen molar-refractivity contribution in [1.82, 2.24) is 0 Å². The lowest BCUT2D eigenvalue weighted by atomic mass is 9.78. The van der Waals surface area contributed by atoms with E-state index in [0.29, 0.717) is 5.76 Å². The number of furan rings is 1. The van der Waals surface area contributed by atoms with E-state index in [9.17, 15) is 4.79 Å². The van der Waals surface area contributed by atoms with Gasteiger partial charge in [-0.05, 0) is 40.8 Å². The van der Waals surface area contributed by atoms with Crippen LogP contribution in [0.25, 0.3) is 0 Å². The van der Waals surface area contributed by atoms with Crippen LogP contribution in [0.2, 0.25) is 0 Å². The highest BCUT2D eigenvalue weighted by Crippen LogP contribution is 2.34. The van der Waals surface area contributed by atoms with Gasteiger partial charge in [-0.3, -0.25) is 4.79 Å². The highest BCUT2D eigenvalue weighted by Gasteiger charge is 2.29. The minimum Gasteiger partial charge on any atom is -0.460 e. The number of hydrogen-bond donors (Lipinski definition) is 0. The van der Waals surface area contributed by atoms with Gasteiger partial charge >= 0.3 is 0 Å². The van der Waals surface area contributed by atoms with Gasteiger partial charge in [0.25, 0.3) is 0 Å². The van der Waals surface area contributed by atoms with Crippen molar-refractivity contribution in [2.75, 3.05) is 0 Å². The third-order valence-electron chi connectivity index (χ3n) is 3.57. The van der Waals surface area contributed by atoms with Gasteiger partial charge in [0.15, 0.2) is 5.76 Å². The van der Waals surface area contributed by atoms with Crippen LogP contribution < -0.4 is 0 Å². The second-order valence-corrected chi connectivity index (χ2v) is 5.45. The van der Waals surface area contributed by atoms with E-state index in [1.54, 1.807) is 12.3 Å². The molecule has 0 aromatic carbocycles. The summed E-state index contributed by atoms with van der Waals surface area (Å²) in [5, 5.41) is 0. The number of ketones is 1. The van der Waals surface area contributed by atoms with Crippen LogP contribution in [-0.4, -0.2) is 5.78 Å². The lowest BCUT2D eigenvalue weighted by Crippen LogP contribution is -2.22. The predicted octanol–water partition coefficient (Wildman–Crippen LogP) is 4.44. The zero-order chi connectivity index (χ0) is 11.5. The molecule has 1 aromatic rings. The first-order valence-electron chi connectivity index (χ1n) is 5.99. The molecule has 2 unspecified atom stereocenters. The molecule has 0 spiro atoms. The summed E-state index contributed by atoms with van der Waals surface area (Å²) in [6, 6.07) is 1.79. The standard InChI is InChI=1S/C13H17BrO2/c1-2-9-4-3-5-10(8-9)12(15)13-11(14)6-7-16-13/h6-7,9-10H,2-5,8H2,1H3. The number of hydrogen-bond acceptors (Lipinski definition) is 2. The van der Waals surface area contributed by atoms with Gasteiger partial charge in [-0.25, -0.2) is 0 Å². The molecule has 0 radical (unpaired) electrons. The van der Waals surface area contributed by atoms with Gasteiger partial charge in [-0.1, -0.05) is 26.2 Å². The van der Waals surface area contributed by atoms with Crippen molar-refractivity contribution >= 4 is 21.7 Å². The van der Waals surface area contributed by atoms with Crippen molar-refractivity contribution in [3.05, 3.63) is 22.6 Å². The Balaban J connectivity index is 2.07. The SMILES string of the molecule is CCC1CCCC(C(=O)c2occc2Br)C1. The molecule has 2 nitrogen and oxygen atoms in total. The lowest BCUT2D eigenvalue weighted by molar-refractivity contribution is 0.0832. The number of carbonyl (C=O) groups excluding carboxylic acids is 1. The molecular weight excluding hydrogens is 268 g/mol. The van der Waals surface area contributed by atoms with Gasteiger partial charge in [-0.2, -0.15) is 0 Å². The van der Waals surface area contributed by atoms with E-state index >= 15 is 0 Å². The Morgan fingerprint density at radius 1 is 1.56 bits per heavy atom. The number of rotatable bonds is 3. The fourth-order valence-electron chi connectivity index (χ4n) is 2.55. The topological polar surface area (TPSA) is 30.2 Å². The first-order valence-corrected chi connectivity index (χ1v) is 6.78. The Morgan fingerprint density at radius 3 is 3.00 bits per heavy atom. The van der Waals surface area contributed by atoms with E-state index in [1.807, 2.05) is 0 Å². The fraction of sp³-hybridized carbons (Fsp3) is 0.615. The summed E-state index contributed by atoms with van der Waals surface area (Å²) in [6.07, 6.45) is 7.25. The van der Waals surface area contributed by atoms with E-state index in [-0.39, 0.29) is 11.7 Å². The van der Waals surface area contributed by atoms with Crippen molar-refractivity contribution < 1.29 is 9.21 Å². The van der Waals surface area contributed by atoms with Crippen LogP contribution in [0.1, 0.15) is 49.6 Å². The van der Waals surface area contributed by atoms with Crippen LogP contribution in [0, 0.1) is 11.8 Å². The summed E-state index contributed by atoms with van der Waals surface area (Å²) >= 11 is 3.35. The average Bonchev–Trinajstić information content (AvgIpc) is 2.74. The Hall–Kier alpha value is -0.570. The van der Waals surface area contributed by atoms with E-state index in [2.05, 4.69) is 22.9 Å². The van der Waals surface area contributed by atoms with Gasteiger partial charge in [0, 0.05) is 5.92 Å². The molecule has 88 valence electrons. The van der Waals surface area contributed by atoms with Gasteiger partial charge in [0.2, 0.25) is 5.78 Å². The van der Waals surface area contributed by atoms with Crippen molar-refractivity contribution in [2.24, 2.45) is 11.8 Å². The number of Topliss-reactive ketones (excluding diaryl/α,β-unsaturated/α-hetero) is 1. The smallest absolute Gasteiger partial charge is 0.202 e. The summed E-state index contributed by atoms with van der Waals surface area (Å²) in [5.41, 5.74) is 0. The monoisotopic (exact) mass is 284 g/mol. The molecule has 3 heteroatoms. The number of halogens is 1. The zero-order valence-corrected chi connectivity index (χ0v) is 11.1. The molecule has 2 atom stereocenters. The Kier molecular flexibility index (Phi) is 3.85. The van der Waals surface area contributed by atoms with Crippen LogP contribution in [0.3, 0.4) is 0 Å². The number of carbonyl (C=O) groups is 1. The summed E-state index contributed by atoms with van der Waals surface area (Å²) in [7, 11) is 0. The maximum absolute atomic E-state index is 12.2. The maximum Gasteiger partial charge on any atom is 0.202 e. The second-order valence-electron chi connectivity index (χ2n) is 4.60. The molecule has 0 aliphatic heterocycles. The molecule has 1 fully saturated rings. The molecule has 0 bridgehead atoms. The van der Waals surface area contributed by atoms with E-state index in [4.69, 9.17) is 4.42 Å². The molecule has 0 amide bonds. The second kappa shape index (κ2) is 5.17. The first-order chi connectivity index (χ1) is 7.72. The minimum atomic E-state index is 0.168. The van der Waals surface area contributed by atoms with Crippen molar-refractivity contribution in [3.8, 4) is 0 Å². The summed E-state index contributed by atoms with van der Waals surface area (Å²) in [6.45, 7) is 2.21. The van der Waals surface area contributed by atoms with E-state index in [0.717, 1.165) is 23.2 Å². The Labute approximate surface area is 105 Å². The molecule has 2 rings (SSSR count). The fourth-order valence-corrected chi connectivity index (χ4v) is 2.95. The Morgan fingerprint density at radius 2 is 2.38 bits per heavy atom. The van der Waals surface area contributed by atoms with Crippen LogP contribution >= 0.6 is 15.9 Å². The average molecular weight is 285 g/mol. The summed E-state index contributed by atoms with van der Waals surface area (Å²) in [4.78, 5) is 12.2. The lowest BCUT2D eigenvalue weighted by Gasteiger charge is -2.26. The third-order valence-corrected chi connectivity index (χ3v) is 4.20. The van der Waals surface area contributed by atoms with Crippen LogP contribution in [-0.2, 0) is 0 Å².